The lowest BCUT2D eigenvalue weighted by molar-refractivity contribution is -0.385. The van der Waals surface area contributed by atoms with E-state index < -0.39 is 9.85 Å². The predicted octanol–water partition coefficient (Wildman–Crippen LogP) is 5.03. The molecular weight excluding hydrogens is 442 g/mol. The number of allylic oxidation sites excluding steroid dienone is 1. The molecule has 0 heterocycles. The largest absolute Gasteiger partial charge is 0.493 e. The lowest BCUT2D eigenvalue weighted by Gasteiger charge is -2.12. The summed E-state index contributed by atoms with van der Waals surface area (Å²) < 4.78 is 16.6. The molecule has 0 aliphatic rings. The first-order chi connectivity index (χ1) is 16.4. The number of benzene rings is 3. The van der Waals surface area contributed by atoms with Crippen LogP contribution in [0.2, 0.25) is 0 Å². The molecule has 0 N–H and O–H groups in total. The minimum absolute atomic E-state index is 0.0180. The van der Waals surface area contributed by atoms with Crippen LogP contribution in [0.25, 0.3) is 11.6 Å². The Bertz CT molecular complexity index is 1250. The number of rotatable bonds is 10. The Balaban J connectivity index is 1.64. The van der Waals surface area contributed by atoms with E-state index in [1.165, 1.54) is 55.6 Å². The number of hydrogen-bond acceptors (Lipinski definition) is 8. The molecule has 0 unspecified atom stereocenters. The molecule has 10 heteroatoms. The summed E-state index contributed by atoms with van der Waals surface area (Å²) in [5.74, 6) is 1.41. The Labute approximate surface area is 194 Å². The Morgan fingerprint density at radius 1 is 0.882 bits per heavy atom. The molecule has 0 fully saturated rings. The van der Waals surface area contributed by atoms with Crippen molar-refractivity contribution in [3.05, 3.63) is 98.1 Å². The quantitative estimate of drug-likeness (QED) is 0.135. The van der Waals surface area contributed by atoms with Crippen LogP contribution in [-0.4, -0.2) is 30.2 Å². The van der Waals surface area contributed by atoms with E-state index in [1.54, 1.807) is 24.3 Å². The van der Waals surface area contributed by atoms with Crippen LogP contribution in [-0.2, 0) is 0 Å². The van der Waals surface area contributed by atoms with Crippen molar-refractivity contribution in [1.82, 2.24) is 0 Å². The van der Waals surface area contributed by atoms with Gasteiger partial charge < -0.3 is 14.2 Å². The van der Waals surface area contributed by atoms with Crippen molar-refractivity contribution in [3.8, 4) is 23.3 Å². The first-order valence-corrected chi connectivity index (χ1v) is 9.96. The summed E-state index contributed by atoms with van der Waals surface area (Å²) in [7, 11) is 1.49. The molecule has 172 valence electrons. The maximum atomic E-state index is 10.8. The molecule has 3 rings (SSSR count). The monoisotopic (exact) mass is 461 g/mol. The van der Waals surface area contributed by atoms with Crippen LogP contribution in [0.5, 0.6) is 17.2 Å². The van der Waals surface area contributed by atoms with Crippen LogP contribution < -0.4 is 14.2 Å². The van der Waals surface area contributed by atoms with Crippen LogP contribution in [0.15, 0.2) is 66.7 Å². The standard InChI is InChI=1S/C24H19N3O7/c1-32-24-15-17(14-19(16-25)18-3-5-20(6-4-18)26(28)29)2-11-23(24)34-13-12-33-22-9-7-21(8-10-22)27(30)31/h2-11,14-15H,12-13H2,1H3. The maximum absolute atomic E-state index is 10.8. The highest BCUT2D eigenvalue weighted by Crippen LogP contribution is 2.30. The molecule has 34 heavy (non-hydrogen) atoms. The Morgan fingerprint density at radius 2 is 1.47 bits per heavy atom. The van der Waals surface area contributed by atoms with Gasteiger partial charge in [-0.15, -0.1) is 0 Å². The average Bonchev–Trinajstić information content (AvgIpc) is 2.85. The highest BCUT2D eigenvalue weighted by Gasteiger charge is 2.10. The zero-order valence-electron chi connectivity index (χ0n) is 18.0. The molecule has 0 saturated heterocycles. The summed E-state index contributed by atoms with van der Waals surface area (Å²) in [5.41, 5.74) is 1.50. The second-order valence-electron chi connectivity index (χ2n) is 6.83. The van der Waals surface area contributed by atoms with Gasteiger partial charge in [-0.3, -0.25) is 20.2 Å². The van der Waals surface area contributed by atoms with Gasteiger partial charge in [0.2, 0.25) is 0 Å². The number of nitriles is 1. The first-order valence-electron chi connectivity index (χ1n) is 9.96. The van der Waals surface area contributed by atoms with E-state index in [2.05, 4.69) is 6.07 Å². The van der Waals surface area contributed by atoms with E-state index >= 15 is 0 Å². The van der Waals surface area contributed by atoms with E-state index in [0.717, 1.165) is 0 Å². The first kappa shape index (κ1) is 23.7. The van der Waals surface area contributed by atoms with Gasteiger partial charge in [0, 0.05) is 24.3 Å². The van der Waals surface area contributed by atoms with E-state index in [0.29, 0.717) is 33.9 Å². The van der Waals surface area contributed by atoms with Gasteiger partial charge in [0.1, 0.15) is 19.0 Å². The molecule has 3 aromatic carbocycles. The molecule has 0 amide bonds. The summed E-state index contributed by atoms with van der Waals surface area (Å²) >= 11 is 0. The minimum atomic E-state index is -0.500. The van der Waals surface area contributed by atoms with Gasteiger partial charge in [0.15, 0.2) is 11.5 Å². The second-order valence-corrected chi connectivity index (χ2v) is 6.83. The highest BCUT2D eigenvalue weighted by atomic mass is 16.6. The topological polar surface area (TPSA) is 138 Å². The Hall–Kier alpha value is -4.91. The molecule has 0 aliphatic carbocycles. The van der Waals surface area contributed by atoms with Gasteiger partial charge in [-0.1, -0.05) is 6.07 Å². The number of nitro benzene ring substituents is 2. The summed E-state index contributed by atoms with van der Waals surface area (Å²) in [5, 5.41) is 31.0. The summed E-state index contributed by atoms with van der Waals surface area (Å²) in [4.78, 5) is 20.5. The normalized spacial score (nSPS) is 10.8. The molecule has 10 nitrogen and oxygen atoms in total. The fourth-order valence-corrected chi connectivity index (χ4v) is 2.98. The molecule has 0 aliphatic heterocycles. The molecule has 0 saturated carbocycles. The van der Waals surface area contributed by atoms with Crippen LogP contribution >= 0.6 is 0 Å². The zero-order valence-corrected chi connectivity index (χ0v) is 18.0. The van der Waals surface area contributed by atoms with Gasteiger partial charge in [0.05, 0.1) is 28.6 Å². The number of nitro groups is 2. The van der Waals surface area contributed by atoms with E-state index in [4.69, 9.17) is 14.2 Å². The predicted molar refractivity (Wildman–Crippen MR) is 124 cm³/mol. The third kappa shape index (κ3) is 6.08. The molecule has 3 aromatic rings. The van der Waals surface area contributed by atoms with Crippen LogP contribution in [0, 0.1) is 31.6 Å². The molecule has 0 atom stereocenters. The van der Waals surface area contributed by atoms with Gasteiger partial charge in [-0.05, 0) is 53.6 Å². The van der Waals surface area contributed by atoms with Crippen molar-refractivity contribution in [2.24, 2.45) is 0 Å². The minimum Gasteiger partial charge on any atom is -0.493 e. The maximum Gasteiger partial charge on any atom is 0.269 e. The van der Waals surface area contributed by atoms with Crippen molar-refractivity contribution in [1.29, 1.82) is 5.26 Å². The van der Waals surface area contributed by atoms with Crippen molar-refractivity contribution in [2.75, 3.05) is 20.3 Å². The van der Waals surface area contributed by atoms with Gasteiger partial charge in [-0.2, -0.15) is 5.26 Å². The van der Waals surface area contributed by atoms with Crippen molar-refractivity contribution < 1.29 is 24.1 Å². The smallest absolute Gasteiger partial charge is 0.269 e. The van der Waals surface area contributed by atoms with Crippen LogP contribution in [0.3, 0.4) is 0 Å². The molecular formula is C24H19N3O7. The summed E-state index contributed by atoms with van der Waals surface area (Å²) in [6, 6.07) is 18.7. The molecule has 0 bridgehead atoms. The van der Waals surface area contributed by atoms with E-state index in [-0.39, 0.29) is 24.6 Å². The number of non-ortho nitro benzene ring substituents is 2. The number of nitrogens with zero attached hydrogens (tertiary/aromatic N) is 3. The number of hydrogen-bond donors (Lipinski definition) is 0. The summed E-state index contributed by atoms with van der Waals surface area (Å²) in [6.45, 7) is 0.413. The SMILES string of the molecule is COc1cc(C=C(C#N)c2ccc([N+](=O)[O-])cc2)ccc1OCCOc1ccc([N+](=O)[O-])cc1. The van der Waals surface area contributed by atoms with Crippen LogP contribution in [0.4, 0.5) is 11.4 Å². The van der Waals surface area contributed by atoms with E-state index in [9.17, 15) is 25.5 Å². The fourth-order valence-electron chi connectivity index (χ4n) is 2.98. The van der Waals surface area contributed by atoms with Gasteiger partial charge >= 0.3 is 0 Å². The Kier molecular flexibility index (Phi) is 7.75. The van der Waals surface area contributed by atoms with Crippen LogP contribution in [0.1, 0.15) is 11.1 Å². The van der Waals surface area contributed by atoms with E-state index in [1.807, 2.05) is 0 Å². The fraction of sp³-hybridized carbons (Fsp3) is 0.125. The third-order valence-electron chi connectivity index (χ3n) is 4.67. The van der Waals surface area contributed by atoms with Gasteiger partial charge in [-0.25, -0.2) is 0 Å². The molecule has 0 aromatic heterocycles. The third-order valence-corrected chi connectivity index (χ3v) is 4.67. The van der Waals surface area contributed by atoms with Gasteiger partial charge in [0.25, 0.3) is 11.4 Å². The molecule has 0 spiro atoms. The van der Waals surface area contributed by atoms with Crippen molar-refractivity contribution in [3.63, 3.8) is 0 Å². The Morgan fingerprint density at radius 3 is 2.03 bits per heavy atom. The highest BCUT2D eigenvalue weighted by molar-refractivity contribution is 5.90. The second kappa shape index (κ2) is 11.1. The molecule has 0 radical (unpaired) electrons. The number of methoxy groups -OCH3 is 1. The number of ether oxygens (including phenoxy) is 3. The lowest BCUT2D eigenvalue weighted by atomic mass is 10.0. The average molecular weight is 461 g/mol. The van der Waals surface area contributed by atoms with Crippen molar-refractivity contribution in [2.45, 2.75) is 0 Å². The lowest BCUT2D eigenvalue weighted by Crippen LogP contribution is -2.09. The summed E-state index contributed by atoms with van der Waals surface area (Å²) in [6.07, 6.45) is 1.64. The van der Waals surface area contributed by atoms with Crippen molar-refractivity contribution >= 4 is 23.0 Å². The zero-order chi connectivity index (χ0) is 24.5.